The Bertz CT molecular complexity index is 445. The molecule has 1 saturated heterocycles. The van der Waals surface area contributed by atoms with E-state index in [-0.39, 0.29) is 17.8 Å². The molecule has 0 aromatic carbocycles. The topological polar surface area (TPSA) is 83.9 Å². The van der Waals surface area contributed by atoms with E-state index in [1.165, 1.54) is 7.11 Å². The molecule has 2 rings (SSSR count). The van der Waals surface area contributed by atoms with E-state index in [1.54, 1.807) is 18.7 Å². The van der Waals surface area contributed by atoms with Gasteiger partial charge in [0.2, 0.25) is 5.91 Å². The number of methoxy groups -OCH3 is 1. The van der Waals surface area contributed by atoms with Crippen molar-refractivity contribution >= 4 is 17.8 Å². The lowest BCUT2D eigenvalue weighted by molar-refractivity contribution is -0.150. The van der Waals surface area contributed by atoms with Crippen LogP contribution in [-0.4, -0.2) is 48.1 Å². The van der Waals surface area contributed by atoms with Gasteiger partial charge in [-0.15, -0.1) is 0 Å². The monoisotopic (exact) mass is 283 g/mol. The molecule has 1 aliphatic carbocycles. The van der Waals surface area contributed by atoms with Gasteiger partial charge in [0, 0.05) is 13.1 Å². The standard InChI is InChI=1S/C14H21NO5/c1-14(2)9(10(14)12(17)18)11(16)15-6-4-5-8(7-15)13(19)20-3/h8-10H,4-7H2,1-3H3,(H,17,18)/t8?,9-,10+/m0/s1. The van der Waals surface area contributed by atoms with Gasteiger partial charge >= 0.3 is 11.9 Å². The van der Waals surface area contributed by atoms with E-state index >= 15 is 0 Å². The van der Waals surface area contributed by atoms with Crippen molar-refractivity contribution in [3.8, 4) is 0 Å². The van der Waals surface area contributed by atoms with Gasteiger partial charge in [0.1, 0.15) is 0 Å². The third-order valence-electron chi connectivity index (χ3n) is 4.63. The van der Waals surface area contributed by atoms with E-state index in [0.29, 0.717) is 19.5 Å². The van der Waals surface area contributed by atoms with Crippen molar-refractivity contribution < 1.29 is 24.2 Å². The second kappa shape index (κ2) is 5.07. The zero-order valence-corrected chi connectivity index (χ0v) is 12.1. The summed E-state index contributed by atoms with van der Waals surface area (Å²) in [6.45, 7) is 4.53. The highest BCUT2D eigenvalue weighted by atomic mass is 16.5. The first-order valence-corrected chi connectivity index (χ1v) is 6.90. The molecule has 2 fully saturated rings. The number of carbonyl (C=O) groups excluding carboxylic acids is 2. The molecule has 6 nitrogen and oxygen atoms in total. The van der Waals surface area contributed by atoms with E-state index in [4.69, 9.17) is 9.84 Å². The number of carboxylic acid groups (broad SMARTS) is 1. The van der Waals surface area contributed by atoms with Crippen molar-refractivity contribution in [2.45, 2.75) is 26.7 Å². The highest BCUT2D eigenvalue weighted by molar-refractivity contribution is 5.92. The van der Waals surface area contributed by atoms with E-state index in [9.17, 15) is 14.4 Å². The Morgan fingerprint density at radius 1 is 1.25 bits per heavy atom. The Morgan fingerprint density at radius 3 is 2.40 bits per heavy atom. The van der Waals surface area contributed by atoms with Gasteiger partial charge in [-0.3, -0.25) is 14.4 Å². The number of hydrogen-bond acceptors (Lipinski definition) is 4. The number of aliphatic carboxylic acids is 1. The quantitative estimate of drug-likeness (QED) is 0.773. The summed E-state index contributed by atoms with van der Waals surface area (Å²) >= 11 is 0. The molecule has 0 spiro atoms. The summed E-state index contributed by atoms with van der Waals surface area (Å²) in [5.74, 6) is -2.74. The summed E-state index contributed by atoms with van der Waals surface area (Å²) in [4.78, 5) is 36.8. The van der Waals surface area contributed by atoms with Crippen LogP contribution in [0.25, 0.3) is 0 Å². The van der Waals surface area contributed by atoms with Crippen molar-refractivity contribution in [1.82, 2.24) is 4.90 Å². The number of hydrogen-bond donors (Lipinski definition) is 1. The van der Waals surface area contributed by atoms with Crippen LogP contribution in [-0.2, 0) is 19.1 Å². The van der Waals surface area contributed by atoms with Gasteiger partial charge in [-0.05, 0) is 18.3 Å². The van der Waals surface area contributed by atoms with Crippen LogP contribution >= 0.6 is 0 Å². The minimum absolute atomic E-state index is 0.143. The van der Waals surface area contributed by atoms with Gasteiger partial charge < -0.3 is 14.7 Å². The molecular weight excluding hydrogens is 262 g/mol. The van der Waals surface area contributed by atoms with Crippen LogP contribution in [0.2, 0.25) is 0 Å². The fraction of sp³-hybridized carbons (Fsp3) is 0.786. The molecule has 0 aromatic heterocycles. The molecule has 2 aliphatic rings. The third-order valence-corrected chi connectivity index (χ3v) is 4.63. The molecule has 6 heteroatoms. The van der Waals surface area contributed by atoms with Gasteiger partial charge in [-0.25, -0.2) is 0 Å². The molecule has 1 N–H and O–H groups in total. The second-order valence-corrected chi connectivity index (χ2v) is 6.26. The minimum Gasteiger partial charge on any atom is -0.481 e. The molecule has 1 aliphatic heterocycles. The number of carbonyl (C=O) groups is 3. The summed E-state index contributed by atoms with van der Waals surface area (Å²) in [5, 5.41) is 9.14. The van der Waals surface area contributed by atoms with E-state index in [0.717, 1.165) is 6.42 Å². The number of ether oxygens (including phenoxy) is 1. The minimum atomic E-state index is -0.921. The van der Waals surface area contributed by atoms with Crippen molar-refractivity contribution in [3.05, 3.63) is 0 Å². The SMILES string of the molecule is COC(=O)C1CCCN(C(=O)[C@@H]2[C@H](C(=O)O)C2(C)C)C1. The maximum absolute atomic E-state index is 12.5. The van der Waals surface area contributed by atoms with Crippen LogP contribution in [0, 0.1) is 23.2 Å². The zero-order valence-electron chi connectivity index (χ0n) is 12.1. The first kappa shape index (κ1) is 14.8. The first-order chi connectivity index (χ1) is 9.30. The largest absolute Gasteiger partial charge is 0.481 e. The Labute approximate surface area is 118 Å². The summed E-state index contributed by atoms with van der Waals surface area (Å²) < 4.78 is 4.72. The van der Waals surface area contributed by atoms with Gasteiger partial charge in [0.05, 0.1) is 24.9 Å². The van der Waals surface area contributed by atoms with Crippen molar-refractivity contribution in [2.24, 2.45) is 23.2 Å². The molecule has 0 radical (unpaired) electrons. The average Bonchev–Trinajstić information content (AvgIpc) is 3.00. The molecule has 1 amide bonds. The van der Waals surface area contributed by atoms with Crippen LogP contribution in [0.5, 0.6) is 0 Å². The molecule has 1 unspecified atom stereocenters. The lowest BCUT2D eigenvalue weighted by atomic mass is 9.97. The van der Waals surface area contributed by atoms with Gasteiger partial charge in [-0.2, -0.15) is 0 Å². The molecule has 0 bridgehead atoms. The van der Waals surface area contributed by atoms with Crippen LogP contribution in [0.3, 0.4) is 0 Å². The normalized spacial score (nSPS) is 31.6. The third kappa shape index (κ3) is 2.39. The summed E-state index contributed by atoms with van der Waals surface area (Å²) in [6.07, 6.45) is 1.46. The number of likely N-dealkylation sites (tertiary alicyclic amines) is 1. The molecule has 0 aromatic rings. The van der Waals surface area contributed by atoms with Crippen molar-refractivity contribution in [2.75, 3.05) is 20.2 Å². The van der Waals surface area contributed by atoms with E-state index in [1.807, 2.05) is 0 Å². The predicted octanol–water partition coefficient (Wildman–Crippen LogP) is 0.755. The molecular formula is C14H21NO5. The predicted molar refractivity (Wildman–Crippen MR) is 69.7 cm³/mol. The molecule has 112 valence electrons. The van der Waals surface area contributed by atoms with Gasteiger partial charge in [0.25, 0.3) is 0 Å². The fourth-order valence-corrected chi connectivity index (χ4v) is 3.29. The number of piperidine rings is 1. The lowest BCUT2D eigenvalue weighted by Gasteiger charge is -2.31. The van der Waals surface area contributed by atoms with Crippen LogP contribution in [0.4, 0.5) is 0 Å². The molecule has 1 saturated carbocycles. The summed E-state index contributed by atoms with van der Waals surface area (Å²) in [6, 6.07) is 0. The Hall–Kier alpha value is -1.59. The zero-order chi connectivity index (χ0) is 15.1. The molecule has 1 heterocycles. The number of amides is 1. The maximum Gasteiger partial charge on any atom is 0.310 e. The maximum atomic E-state index is 12.5. The second-order valence-electron chi connectivity index (χ2n) is 6.26. The highest BCUT2D eigenvalue weighted by Gasteiger charge is 2.66. The number of carboxylic acids is 1. The van der Waals surface area contributed by atoms with Crippen LogP contribution in [0.1, 0.15) is 26.7 Å². The number of rotatable bonds is 3. The number of nitrogens with zero attached hydrogens (tertiary/aromatic N) is 1. The number of esters is 1. The fourth-order valence-electron chi connectivity index (χ4n) is 3.29. The van der Waals surface area contributed by atoms with Crippen molar-refractivity contribution in [3.63, 3.8) is 0 Å². The lowest BCUT2D eigenvalue weighted by Crippen LogP contribution is -2.44. The highest BCUT2D eigenvalue weighted by Crippen LogP contribution is 2.59. The Morgan fingerprint density at radius 2 is 1.90 bits per heavy atom. The Balaban J connectivity index is 2.03. The van der Waals surface area contributed by atoms with Crippen LogP contribution < -0.4 is 0 Å². The van der Waals surface area contributed by atoms with E-state index in [2.05, 4.69) is 0 Å². The molecule has 3 atom stereocenters. The average molecular weight is 283 g/mol. The summed E-state index contributed by atoms with van der Waals surface area (Å²) in [7, 11) is 1.34. The Kier molecular flexibility index (Phi) is 3.75. The van der Waals surface area contributed by atoms with Gasteiger partial charge in [-0.1, -0.05) is 13.8 Å². The van der Waals surface area contributed by atoms with Gasteiger partial charge in [0.15, 0.2) is 0 Å². The summed E-state index contributed by atoms with van der Waals surface area (Å²) in [5.41, 5.74) is -0.499. The molecule has 20 heavy (non-hydrogen) atoms. The van der Waals surface area contributed by atoms with E-state index < -0.39 is 23.2 Å². The van der Waals surface area contributed by atoms with Crippen LogP contribution in [0.15, 0.2) is 0 Å². The smallest absolute Gasteiger partial charge is 0.310 e. The first-order valence-electron chi connectivity index (χ1n) is 6.90. The van der Waals surface area contributed by atoms with Crippen molar-refractivity contribution in [1.29, 1.82) is 0 Å².